The van der Waals surface area contributed by atoms with Crippen molar-refractivity contribution in [2.75, 3.05) is 6.54 Å². The average Bonchev–Trinajstić information content (AvgIpc) is 2.98. The van der Waals surface area contributed by atoms with Crippen molar-refractivity contribution in [1.29, 1.82) is 0 Å². The van der Waals surface area contributed by atoms with E-state index in [0.717, 1.165) is 19.4 Å². The Labute approximate surface area is 141 Å². The number of carbonyl (C=O) groups excluding carboxylic acids is 1. The van der Waals surface area contributed by atoms with Crippen LogP contribution in [0.3, 0.4) is 0 Å². The Morgan fingerprint density at radius 3 is 2.79 bits per heavy atom. The molecule has 1 aliphatic rings. The van der Waals surface area contributed by atoms with Gasteiger partial charge in [0.2, 0.25) is 5.91 Å². The SMILES string of the molecule is CCN(C(=O)CCn1cnc2c(cnn2C)c1=O)C1CCCCC1. The molecule has 1 aliphatic carbocycles. The van der Waals surface area contributed by atoms with E-state index < -0.39 is 0 Å². The Hall–Kier alpha value is -2.18. The molecule has 1 saturated carbocycles. The predicted molar refractivity (Wildman–Crippen MR) is 91.6 cm³/mol. The zero-order valence-electron chi connectivity index (χ0n) is 14.4. The lowest BCUT2D eigenvalue weighted by Crippen LogP contribution is -2.41. The molecule has 1 amide bonds. The molecular weight excluding hydrogens is 306 g/mol. The van der Waals surface area contributed by atoms with Crippen LogP contribution >= 0.6 is 0 Å². The van der Waals surface area contributed by atoms with E-state index in [4.69, 9.17) is 0 Å². The Morgan fingerprint density at radius 2 is 2.08 bits per heavy atom. The van der Waals surface area contributed by atoms with Crippen LogP contribution < -0.4 is 5.56 Å². The number of fused-ring (bicyclic) bond motifs is 1. The summed E-state index contributed by atoms with van der Waals surface area (Å²) in [4.78, 5) is 31.3. The molecule has 0 aromatic carbocycles. The first-order valence-corrected chi connectivity index (χ1v) is 8.78. The minimum Gasteiger partial charge on any atom is -0.340 e. The van der Waals surface area contributed by atoms with Crippen LogP contribution in [0.25, 0.3) is 11.0 Å². The molecule has 0 atom stereocenters. The number of rotatable bonds is 5. The van der Waals surface area contributed by atoms with E-state index in [1.54, 1.807) is 11.7 Å². The minimum absolute atomic E-state index is 0.127. The van der Waals surface area contributed by atoms with Crippen LogP contribution in [0.2, 0.25) is 0 Å². The van der Waals surface area contributed by atoms with E-state index in [9.17, 15) is 9.59 Å². The molecule has 2 aromatic rings. The number of hydrogen-bond donors (Lipinski definition) is 0. The van der Waals surface area contributed by atoms with Crippen molar-refractivity contribution >= 4 is 16.9 Å². The summed E-state index contributed by atoms with van der Waals surface area (Å²) in [5.74, 6) is 0.127. The molecule has 1 fully saturated rings. The molecule has 3 rings (SSSR count). The van der Waals surface area contributed by atoms with Crippen LogP contribution in [-0.2, 0) is 18.4 Å². The topological polar surface area (TPSA) is 73.0 Å². The van der Waals surface area contributed by atoms with Crippen molar-refractivity contribution in [1.82, 2.24) is 24.2 Å². The highest BCUT2D eigenvalue weighted by molar-refractivity contribution is 5.76. The number of aromatic nitrogens is 4. The lowest BCUT2D eigenvalue weighted by Gasteiger charge is -2.33. The monoisotopic (exact) mass is 331 g/mol. The first-order valence-electron chi connectivity index (χ1n) is 8.78. The van der Waals surface area contributed by atoms with E-state index in [1.165, 1.54) is 36.4 Å². The second kappa shape index (κ2) is 7.15. The van der Waals surface area contributed by atoms with Gasteiger partial charge >= 0.3 is 0 Å². The van der Waals surface area contributed by atoms with Crippen LogP contribution in [0.5, 0.6) is 0 Å². The fourth-order valence-electron chi connectivity index (χ4n) is 3.62. The van der Waals surface area contributed by atoms with Gasteiger partial charge in [0, 0.05) is 32.6 Å². The Morgan fingerprint density at radius 1 is 1.33 bits per heavy atom. The maximum Gasteiger partial charge on any atom is 0.264 e. The third-order valence-corrected chi connectivity index (χ3v) is 4.96. The second-order valence-electron chi connectivity index (χ2n) is 6.47. The summed E-state index contributed by atoms with van der Waals surface area (Å²) in [7, 11) is 1.76. The Kier molecular flexibility index (Phi) is 4.97. The van der Waals surface area contributed by atoms with E-state index >= 15 is 0 Å². The summed E-state index contributed by atoms with van der Waals surface area (Å²) >= 11 is 0. The molecule has 0 bridgehead atoms. The van der Waals surface area contributed by atoms with Gasteiger partial charge in [-0.05, 0) is 19.8 Å². The summed E-state index contributed by atoms with van der Waals surface area (Å²) in [6.45, 7) is 3.12. The van der Waals surface area contributed by atoms with Crippen molar-refractivity contribution in [3.05, 3.63) is 22.9 Å². The molecule has 24 heavy (non-hydrogen) atoms. The molecule has 2 aromatic heterocycles. The summed E-state index contributed by atoms with van der Waals surface area (Å²) in [6, 6.07) is 0.368. The zero-order chi connectivity index (χ0) is 17.1. The van der Waals surface area contributed by atoms with Gasteiger partial charge in [0.25, 0.3) is 5.56 Å². The highest BCUT2D eigenvalue weighted by Gasteiger charge is 2.23. The maximum absolute atomic E-state index is 12.6. The van der Waals surface area contributed by atoms with Crippen LogP contribution in [0.15, 0.2) is 17.3 Å². The number of aryl methyl sites for hydroxylation is 2. The maximum atomic E-state index is 12.6. The van der Waals surface area contributed by atoms with E-state index in [-0.39, 0.29) is 11.5 Å². The molecule has 0 N–H and O–H groups in total. The first-order chi connectivity index (χ1) is 11.6. The largest absolute Gasteiger partial charge is 0.340 e. The normalized spacial score (nSPS) is 15.8. The van der Waals surface area contributed by atoms with E-state index in [2.05, 4.69) is 10.1 Å². The third-order valence-electron chi connectivity index (χ3n) is 4.96. The van der Waals surface area contributed by atoms with Gasteiger partial charge in [0.15, 0.2) is 5.65 Å². The first kappa shape index (κ1) is 16.7. The molecule has 7 heteroatoms. The molecule has 0 saturated heterocycles. The molecule has 0 unspecified atom stereocenters. The zero-order valence-corrected chi connectivity index (χ0v) is 14.4. The Balaban J connectivity index is 1.69. The molecule has 7 nitrogen and oxygen atoms in total. The summed E-state index contributed by atoms with van der Waals surface area (Å²) in [6.07, 6.45) is 9.25. The highest BCUT2D eigenvalue weighted by atomic mass is 16.2. The van der Waals surface area contributed by atoms with Crippen LogP contribution in [0, 0.1) is 0 Å². The van der Waals surface area contributed by atoms with Gasteiger partial charge in [-0.1, -0.05) is 19.3 Å². The quantitative estimate of drug-likeness (QED) is 0.836. The minimum atomic E-state index is -0.137. The molecule has 2 heterocycles. The smallest absolute Gasteiger partial charge is 0.264 e. The van der Waals surface area contributed by atoms with E-state index in [1.807, 2.05) is 11.8 Å². The van der Waals surface area contributed by atoms with E-state index in [0.29, 0.717) is 30.0 Å². The fraction of sp³-hybridized carbons (Fsp3) is 0.647. The van der Waals surface area contributed by atoms with Gasteiger partial charge in [0.05, 0.1) is 12.5 Å². The Bertz CT molecular complexity index is 773. The van der Waals surface area contributed by atoms with Gasteiger partial charge in [-0.2, -0.15) is 5.10 Å². The number of amides is 1. The van der Waals surface area contributed by atoms with Gasteiger partial charge in [0.1, 0.15) is 5.39 Å². The van der Waals surface area contributed by atoms with Crippen molar-refractivity contribution in [2.45, 2.75) is 58.0 Å². The number of nitrogens with zero attached hydrogens (tertiary/aromatic N) is 5. The number of hydrogen-bond acceptors (Lipinski definition) is 4. The van der Waals surface area contributed by atoms with Crippen molar-refractivity contribution in [3.8, 4) is 0 Å². The molecular formula is C17H25N5O2. The fourth-order valence-corrected chi connectivity index (χ4v) is 3.62. The lowest BCUT2D eigenvalue weighted by molar-refractivity contribution is -0.134. The molecule has 130 valence electrons. The summed E-state index contributed by atoms with van der Waals surface area (Å²) in [5.41, 5.74) is 0.432. The standard InChI is InChI=1S/C17H25N5O2/c1-3-22(13-7-5-4-6-8-13)15(23)9-10-21-12-18-16-14(17(21)24)11-19-20(16)2/h11-13H,3-10H2,1-2H3. The lowest BCUT2D eigenvalue weighted by atomic mass is 9.94. The second-order valence-corrected chi connectivity index (χ2v) is 6.47. The van der Waals surface area contributed by atoms with Crippen molar-refractivity contribution < 1.29 is 4.79 Å². The van der Waals surface area contributed by atoms with Crippen LogP contribution in [0.4, 0.5) is 0 Å². The highest BCUT2D eigenvalue weighted by Crippen LogP contribution is 2.23. The van der Waals surface area contributed by atoms with Gasteiger partial charge in [-0.3, -0.25) is 18.8 Å². The van der Waals surface area contributed by atoms with Gasteiger partial charge in [-0.25, -0.2) is 4.98 Å². The third kappa shape index (κ3) is 3.20. The average molecular weight is 331 g/mol. The van der Waals surface area contributed by atoms with Crippen molar-refractivity contribution in [3.63, 3.8) is 0 Å². The molecule has 0 aliphatic heterocycles. The summed E-state index contributed by atoms with van der Waals surface area (Å²) < 4.78 is 3.09. The molecule has 0 spiro atoms. The summed E-state index contributed by atoms with van der Waals surface area (Å²) in [5, 5.41) is 4.55. The molecule has 0 radical (unpaired) electrons. The van der Waals surface area contributed by atoms with Crippen molar-refractivity contribution in [2.24, 2.45) is 7.05 Å². The van der Waals surface area contributed by atoms with Crippen LogP contribution in [0.1, 0.15) is 45.4 Å². The van der Waals surface area contributed by atoms with Gasteiger partial charge < -0.3 is 4.90 Å². The van der Waals surface area contributed by atoms with Gasteiger partial charge in [-0.15, -0.1) is 0 Å². The number of carbonyl (C=O) groups is 1. The van der Waals surface area contributed by atoms with Crippen LogP contribution in [-0.4, -0.2) is 42.7 Å². The predicted octanol–water partition coefficient (Wildman–Crippen LogP) is 1.70.